The van der Waals surface area contributed by atoms with E-state index >= 15 is 0 Å². The summed E-state index contributed by atoms with van der Waals surface area (Å²) in [5.74, 6) is -0.895. The largest absolute Gasteiger partial charge is 0.379 e. The maximum absolute atomic E-state index is 13.3. The van der Waals surface area contributed by atoms with Crippen molar-refractivity contribution in [1.82, 2.24) is 5.32 Å². The predicted molar refractivity (Wildman–Crippen MR) is 94.8 cm³/mol. The van der Waals surface area contributed by atoms with Gasteiger partial charge >= 0.3 is 0 Å². The van der Waals surface area contributed by atoms with Crippen LogP contribution in [-0.2, 0) is 16.1 Å². The molecule has 6 heteroatoms. The summed E-state index contributed by atoms with van der Waals surface area (Å²) < 4.78 is 26.5. The van der Waals surface area contributed by atoms with Crippen LogP contribution in [0.5, 0.6) is 0 Å². The van der Waals surface area contributed by atoms with Gasteiger partial charge in [-0.15, -0.1) is 0 Å². The zero-order valence-corrected chi connectivity index (χ0v) is 14.5. The first-order chi connectivity index (χ1) is 12.5. The topological polar surface area (TPSA) is 50.7 Å². The molecule has 1 amide bonds. The Morgan fingerprint density at radius 3 is 2.65 bits per heavy atom. The number of amides is 1. The van der Waals surface area contributed by atoms with E-state index in [0.29, 0.717) is 30.7 Å². The molecule has 1 aliphatic rings. The minimum atomic E-state index is -1.11. The maximum Gasteiger partial charge on any atom is 0.267 e. The van der Waals surface area contributed by atoms with Crippen LogP contribution in [0.15, 0.2) is 53.7 Å². The van der Waals surface area contributed by atoms with Crippen LogP contribution in [0.2, 0.25) is 0 Å². The summed E-state index contributed by atoms with van der Waals surface area (Å²) in [5, 5.41) is 6.78. The number of oxime groups is 1. The highest BCUT2D eigenvalue weighted by molar-refractivity contribution is 6.05. The van der Waals surface area contributed by atoms with Gasteiger partial charge in [0.15, 0.2) is 0 Å². The van der Waals surface area contributed by atoms with E-state index in [4.69, 9.17) is 4.84 Å². The molecular formula is C20H20F2N2O2. The second kappa shape index (κ2) is 7.64. The van der Waals surface area contributed by atoms with Gasteiger partial charge in [-0.05, 0) is 49.6 Å². The number of hydrogen-bond acceptors (Lipinski definition) is 3. The van der Waals surface area contributed by atoms with Crippen LogP contribution < -0.4 is 5.32 Å². The lowest BCUT2D eigenvalue weighted by Crippen LogP contribution is -2.45. The predicted octanol–water partition coefficient (Wildman–Crippen LogP) is 3.60. The van der Waals surface area contributed by atoms with Crippen molar-refractivity contribution in [3.8, 4) is 0 Å². The Morgan fingerprint density at radius 1 is 1.19 bits per heavy atom. The number of nitrogens with one attached hydrogen (secondary N) is 1. The first kappa shape index (κ1) is 18.0. The summed E-state index contributed by atoms with van der Waals surface area (Å²) in [6.45, 7) is 2.11. The fourth-order valence-electron chi connectivity index (χ4n) is 2.86. The van der Waals surface area contributed by atoms with Gasteiger partial charge in [0.05, 0.1) is 5.71 Å². The van der Waals surface area contributed by atoms with Gasteiger partial charge in [-0.2, -0.15) is 0 Å². The molecule has 136 valence electrons. The zero-order valence-electron chi connectivity index (χ0n) is 14.5. The van der Waals surface area contributed by atoms with Crippen LogP contribution in [0.4, 0.5) is 8.78 Å². The molecule has 0 unspecified atom stereocenters. The first-order valence-electron chi connectivity index (χ1n) is 8.50. The third-order valence-electron chi connectivity index (χ3n) is 4.32. The Balaban J connectivity index is 1.49. The highest BCUT2D eigenvalue weighted by atomic mass is 19.1. The standard InChI is InChI=1S/C20H20F2N2O2/c1-20(13-18(24-26-20)15-7-3-9-17(22)12-15)19(25)23-10-4-6-14-5-2-8-16(21)11-14/h2-3,5,7-9,11-12H,4,6,10,13H2,1H3,(H,23,25)/t20-/m0/s1. The van der Waals surface area contributed by atoms with Gasteiger partial charge in [0.2, 0.25) is 5.60 Å². The Bertz CT molecular complexity index is 838. The normalized spacial score (nSPS) is 19.0. The molecule has 2 aromatic rings. The number of halogens is 2. The molecule has 0 radical (unpaired) electrons. The molecule has 0 aliphatic carbocycles. The molecule has 1 N–H and O–H groups in total. The SMILES string of the molecule is C[C@@]1(C(=O)NCCCc2cccc(F)c2)CC(c2cccc(F)c2)=NO1. The van der Waals surface area contributed by atoms with E-state index in [-0.39, 0.29) is 24.0 Å². The van der Waals surface area contributed by atoms with Crippen molar-refractivity contribution in [3.05, 3.63) is 71.3 Å². The van der Waals surface area contributed by atoms with Crippen molar-refractivity contribution in [2.24, 2.45) is 5.16 Å². The molecule has 0 fully saturated rings. The number of carbonyl (C=O) groups excluding carboxylic acids is 1. The van der Waals surface area contributed by atoms with E-state index in [9.17, 15) is 13.6 Å². The average Bonchev–Trinajstić information content (AvgIpc) is 3.02. The lowest BCUT2D eigenvalue weighted by molar-refractivity contribution is -0.141. The highest BCUT2D eigenvalue weighted by Gasteiger charge is 2.42. The molecule has 1 atom stereocenters. The third-order valence-corrected chi connectivity index (χ3v) is 4.32. The summed E-state index contributed by atoms with van der Waals surface area (Å²) >= 11 is 0. The Hall–Kier alpha value is -2.76. The maximum atomic E-state index is 13.3. The van der Waals surface area contributed by atoms with Gasteiger partial charge in [-0.1, -0.05) is 29.4 Å². The van der Waals surface area contributed by atoms with Gasteiger partial charge in [0.25, 0.3) is 5.91 Å². The summed E-state index contributed by atoms with van der Waals surface area (Å²) in [5.41, 5.74) is 0.925. The molecule has 1 aliphatic heterocycles. The lowest BCUT2D eigenvalue weighted by Gasteiger charge is -2.20. The zero-order chi connectivity index (χ0) is 18.6. The highest BCUT2D eigenvalue weighted by Crippen LogP contribution is 2.27. The number of aryl methyl sites for hydroxylation is 1. The van der Waals surface area contributed by atoms with Crippen molar-refractivity contribution in [1.29, 1.82) is 0 Å². The number of hydrogen-bond donors (Lipinski definition) is 1. The van der Waals surface area contributed by atoms with Crippen LogP contribution in [0.1, 0.15) is 30.9 Å². The van der Waals surface area contributed by atoms with Gasteiger partial charge < -0.3 is 10.2 Å². The van der Waals surface area contributed by atoms with Crippen LogP contribution >= 0.6 is 0 Å². The molecule has 0 bridgehead atoms. The summed E-state index contributed by atoms with van der Waals surface area (Å²) in [4.78, 5) is 17.8. The summed E-state index contributed by atoms with van der Waals surface area (Å²) in [7, 11) is 0. The molecule has 3 rings (SSSR count). The number of carbonyl (C=O) groups is 1. The molecule has 0 saturated heterocycles. The van der Waals surface area contributed by atoms with Crippen molar-refractivity contribution in [3.63, 3.8) is 0 Å². The molecule has 0 spiro atoms. The van der Waals surface area contributed by atoms with E-state index in [1.54, 1.807) is 25.1 Å². The molecule has 0 saturated carbocycles. The van der Waals surface area contributed by atoms with Gasteiger partial charge in [0.1, 0.15) is 11.6 Å². The van der Waals surface area contributed by atoms with E-state index in [1.165, 1.54) is 24.3 Å². The number of rotatable bonds is 6. The van der Waals surface area contributed by atoms with Gasteiger partial charge in [-0.3, -0.25) is 4.79 Å². The van der Waals surface area contributed by atoms with Crippen LogP contribution in [0.3, 0.4) is 0 Å². The fourth-order valence-corrected chi connectivity index (χ4v) is 2.86. The number of benzene rings is 2. The minimum Gasteiger partial charge on any atom is -0.379 e. The van der Waals surface area contributed by atoms with E-state index in [0.717, 1.165) is 5.56 Å². The van der Waals surface area contributed by atoms with Gasteiger partial charge in [-0.25, -0.2) is 8.78 Å². The monoisotopic (exact) mass is 358 g/mol. The average molecular weight is 358 g/mol. The minimum absolute atomic E-state index is 0.263. The Morgan fingerprint density at radius 2 is 1.92 bits per heavy atom. The molecule has 26 heavy (non-hydrogen) atoms. The molecule has 1 heterocycles. The number of nitrogens with zero attached hydrogens (tertiary/aromatic N) is 1. The van der Waals surface area contributed by atoms with Crippen LogP contribution in [-0.4, -0.2) is 23.8 Å². The summed E-state index contributed by atoms with van der Waals surface area (Å²) in [6, 6.07) is 12.5. The molecule has 2 aromatic carbocycles. The second-order valence-corrected chi connectivity index (χ2v) is 6.54. The van der Waals surface area contributed by atoms with E-state index in [1.807, 2.05) is 6.07 Å². The quantitative estimate of drug-likeness (QED) is 0.802. The van der Waals surface area contributed by atoms with Crippen molar-refractivity contribution in [2.75, 3.05) is 6.54 Å². The molecule has 0 aromatic heterocycles. The first-order valence-corrected chi connectivity index (χ1v) is 8.50. The van der Waals surface area contributed by atoms with E-state index < -0.39 is 5.60 Å². The van der Waals surface area contributed by atoms with Crippen LogP contribution in [0, 0.1) is 11.6 Å². The fraction of sp³-hybridized carbons (Fsp3) is 0.300. The Kier molecular flexibility index (Phi) is 5.30. The lowest BCUT2D eigenvalue weighted by atomic mass is 9.95. The third kappa shape index (κ3) is 4.25. The van der Waals surface area contributed by atoms with Crippen molar-refractivity contribution < 1.29 is 18.4 Å². The Labute approximate surface area is 150 Å². The molecular weight excluding hydrogens is 338 g/mol. The van der Waals surface area contributed by atoms with E-state index in [2.05, 4.69) is 10.5 Å². The smallest absolute Gasteiger partial charge is 0.267 e. The van der Waals surface area contributed by atoms with Crippen molar-refractivity contribution in [2.45, 2.75) is 31.8 Å². The summed E-state index contributed by atoms with van der Waals surface area (Å²) in [6.07, 6.45) is 1.62. The van der Waals surface area contributed by atoms with Crippen molar-refractivity contribution >= 4 is 11.6 Å². The second-order valence-electron chi connectivity index (χ2n) is 6.54. The molecule has 4 nitrogen and oxygen atoms in total. The van der Waals surface area contributed by atoms with Crippen LogP contribution in [0.25, 0.3) is 0 Å². The van der Waals surface area contributed by atoms with Gasteiger partial charge in [0, 0.05) is 18.5 Å².